The molecule has 4 N–H and O–H groups in total. The van der Waals surface area contributed by atoms with Crippen molar-refractivity contribution in [3.63, 3.8) is 0 Å². The summed E-state index contributed by atoms with van der Waals surface area (Å²) in [6.45, 7) is 2.29. The number of allylic oxidation sites excluding steroid dienone is 30. The number of hydrogen-bond donors (Lipinski definition) is 4. The Morgan fingerprint density at radius 3 is 0.861 bits per heavy atom. The molecular formula is C83H134O16P2. The van der Waals surface area contributed by atoms with Gasteiger partial charge in [0, 0.05) is 19.3 Å². The summed E-state index contributed by atoms with van der Waals surface area (Å²) in [5.41, 5.74) is 0. The fourth-order valence-corrected chi connectivity index (χ4v) is 10.9. The standard InChI is InChI=1S/C83H134O16P2/c1-4-7-10-13-16-19-22-25-28-31-33-35-36-37-38-39-40-42-44-46-48-51-54-57-60-63-66-69-81(86)93-72-78(84)73-95-100(89,90)96-74-79(85)75-97-101(91,92)98-77-80(99-83(88)71-68-65-62-59-56-53-50-45-30-27-24-21-18-15-12-9-6-3)76-94-82(87)70-67-64-61-58-55-52-49-47-43-41-34-32-29-26-23-20-17-14-11-8-5-2/h7,9-10,12,16-21,25-30,33-35,37-38,40-42,47,49-50,53,59,62,78-80,84-85H,4-6,8,11,13-15,22-24,31-32,36,39,43-46,48,51-52,54-58,60-61,63-77H2,1-3H3,(H,89,90)(H,91,92)/b10-7-,12-9-,19-16-,20-17-,21-18-,28-25-,29-26-,30-27-,35-33-,38-37-,41-34-,42-40-,49-47-,53-50-,62-59-. The number of unbranched alkanes of at least 4 members (excludes halogenated alkanes) is 17. The van der Waals surface area contributed by atoms with Crippen molar-refractivity contribution in [2.75, 3.05) is 39.6 Å². The summed E-state index contributed by atoms with van der Waals surface area (Å²) in [6, 6.07) is 0. The summed E-state index contributed by atoms with van der Waals surface area (Å²) in [7, 11) is -9.83. The first-order valence-electron chi connectivity index (χ1n) is 38.1. The van der Waals surface area contributed by atoms with E-state index in [1.807, 2.05) is 12.2 Å². The zero-order valence-electron chi connectivity index (χ0n) is 62.2. The third kappa shape index (κ3) is 75.6. The van der Waals surface area contributed by atoms with Gasteiger partial charge in [-0.25, -0.2) is 9.13 Å². The third-order valence-electron chi connectivity index (χ3n) is 15.1. The van der Waals surface area contributed by atoms with Gasteiger partial charge in [-0.05, 0) is 154 Å². The van der Waals surface area contributed by atoms with Crippen LogP contribution in [0.1, 0.15) is 265 Å². The molecule has 0 rings (SSSR count). The topological polar surface area (TPSA) is 231 Å². The average molecular weight is 1450 g/mol. The van der Waals surface area contributed by atoms with Gasteiger partial charge >= 0.3 is 33.6 Å². The van der Waals surface area contributed by atoms with Gasteiger partial charge in [0.1, 0.15) is 25.4 Å². The molecule has 0 saturated heterocycles. The Balaban J connectivity index is 4.69. The molecule has 0 radical (unpaired) electrons. The van der Waals surface area contributed by atoms with Crippen LogP contribution in [-0.4, -0.2) is 95.9 Å². The molecule has 0 aromatic heterocycles. The maximum Gasteiger partial charge on any atom is 0.472 e. The molecule has 0 aromatic carbocycles. The van der Waals surface area contributed by atoms with Gasteiger partial charge in [-0.1, -0.05) is 274 Å². The predicted octanol–water partition coefficient (Wildman–Crippen LogP) is 22.2. The number of hydrogen-bond acceptors (Lipinski definition) is 14. The molecule has 0 aliphatic carbocycles. The Bertz CT molecular complexity index is 2570. The first-order valence-corrected chi connectivity index (χ1v) is 41.1. The number of ether oxygens (including phenoxy) is 3. The van der Waals surface area contributed by atoms with Crippen LogP contribution in [0.25, 0.3) is 0 Å². The Morgan fingerprint density at radius 1 is 0.287 bits per heavy atom. The minimum atomic E-state index is -4.96. The highest BCUT2D eigenvalue weighted by atomic mass is 31.2. The highest BCUT2D eigenvalue weighted by Crippen LogP contribution is 2.45. The van der Waals surface area contributed by atoms with Crippen LogP contribution in [-0.2, 0) is 55.8 Å². The molecular weight excluding hydrogens is 1310 g/mol. The second-order valence-corrected chi connectivity index (χ2v) is 27.6. The van der Waals surface area contributed by atoms with Crippen molar-refractivity contribution in [1.82, 2.24) is 0 Å². The number of carbonyl (C=O) groups is 3. The molecule has 0 heterocycles. The fraction of sp³-hybridized carbons (Fsp3) is 0.602. The van der Waals surface area contributed by atoms with Crippen LogP contribution in [0.15, 0.2) is 182 Å². The predicted molar refractivity (Wildman–Crippen MR) is 417 cm³/mol. The monoisotopic (exact) mass is 1450 g/mol. The molecule has 101 heavy (non-hydrogen) atoms. The molecule has 0 aliphatic rings. The fourth-order valence-electron chi connectivity index (χ4n) is 9.36. The van der Waals surface area contributed by atoms with E-state index in [1.54, 1.807) is 0 Å². The molecule has 18 heteroatoms. The summed E-state index contributed by atoms with van der Waals surface area (Å²) in [4.78, 5) is 58.6. The molecule has 0 saturated carbocycles. The summed E-state index contributed by atoms with van der Waals surface area (Å²) in [6.07, 6.45) is 95.1. The maximum absolute atomic E-state index is 12.9. The van der Waals surface area contributed by atoms with Gasteiger partial charge in [0.05, 0.1) is 26.4 Å². The summed E-state index contributed by atoms with van der Waals surface area (Å²) in [5, 5.41) is 20.6. The second kappa shape index (κ2) is 74.4. The minimum absolute atomic E-state index is 0.0147. The largest absolute Gasteiger partial charge is 0.472 e. The maximum atomic E-state index is 12.9. The first-order chi connectivity index (χ1) is 49.2. The van der Waals surface area contributed by atoms with E-state index in [2.05, 4.69) is 191 Å². The number of esters is 3. The Kier molecular flexibility index (Phi) is 70.4. The van der Waals surface area contributed by atoms with Crippen molar-refractivity contribution in [3.8, 4) is 0 Å². The van der Waals surface area contributed by atoms with Gasteiger partial charge in [-0.3, -0.25) is 32.5 Å². The van der Waals surface area contributed by atoms with Gasteiger partial charge in [0.15, 0.2) is 6.10 Å². The third-order valence-corrected chi connectivity index (χ3v) is 17.0. The smallest absolute Gasteiger partial charge is 0.463 e. The number of aliphatic hydroxyl groups is 2. The minimum Gasteiger partial charge on any atom is -0.463 e. The number of carbonyl (C=O) groups excluding carboxylic acids is 3. The van der Waals surface area contributed by atoms with Crippen LogP contribution < -0.4 is 0 Å². The van der Waals surface area contributed by atoms with Crippen LogP contribution in [0.3, 0.4) is 0 Å². The summed E-state index contributed by atoms with van der Waals surface area (Å²) < 4.78 is 61.0. The normalized spacial score (nSPS) is 15.0. The highest BCUT2D eigenvalue weighted by Gasteiger charge is 2.29. The van der Waals surface area contributed by atoms with Gasteiger partial charge in [-0.15, -0.1) is 0 Å². The molecule has 0 amide bonds. The number of rotatable bonds is 70. The Hall–Kier alpha value is -5.35. The Labute approximate surface area is 611 Å². The van der Waals surface area contributed by atoms with E-state index < -0.39 is 91.5 Å². The van der Waals surface area contributed by atoms with Crippen molar-refractivity contribution in [2.24, 2.45) is 0 Å². The van der Waals surface area contributed by atoms with Crippen LogP contribution in [0.2, 0.25) is 0 Å². The van der Waals surface area contributed by atoms with E-state index in [0.717, 1.165) is 161 Å². The lowest BCUT2D eigenvalue weighted by Crippen LogP contribution is -2.30. The van der Waals surface area contributed by atoms with Gasteiger partial charge < -0.3 is 34.2 Å². The van der Waals surface area contributed by atoms with E-state index >= 15 is 0 Å². The van der Waals surface area contributed by atoms with Crippen molar-refractivity contribution < 1.29 is 75.8 Å². The number of phosphoric acid groups is 2. The van der Waals surface area contributed by atoms with Gasteiger partial charge in [-0.2, -0.15) is 0 Å². The molecule has 0 aliphatic heterocycles. The molecule has 0 fully saturated rings. The quantitative estimate of drug-likeness (QED) is 0.0146. The zero-order valence-corrected chi connectivity index (χ0v) is 64.0. The number of aliphatic hydroxyl groups excluding tert-OH is 2. The molecule has 572 valence electrons. The van der Waals surface area contributed by atoms with E-state index in [4.69, 9.17) is 32.3 Å². The van der Waals surface area contributed by atoms with Crippen molar-refractivity contribution in [1.29, 1.82) is 0 Å². The van der Waals surface area contributed by atoms with E-state index in [9.17, 15) is 43.5 Å². The van der Waals surface area contributed by atoms with Crippen molar-refractivity contribution in [2.45, 2.75) is 283 Å². The zero-order chi connectivity index (χ0) is 73.7. The second-order valence-electron chi connectivity index (χ2n) is 24.7. The van der Waals surface area contributed by atoms with E-state index in [0.29, 0.717) is 25.7 Å². The molecule has 0 aromatic rings. The molecule has 0 bridgehead atoms. The molecule has 5 atom stereocenters. The summed E-state index contributed by atoms with van der Waals surface area (Å²) in [5.74, 6) is -1.69. The van der Waals surface area contributed by atoms with Crippen LogP contribution >= 0.6 is 15.6 Å². The van der Waals surface area contributed by atoms with Crippen LogP contribution in [0, 0.1) is 0 Å². The van der Waals surface area contributed by atoms with Gasteiger partial charge in [0.2, 0.25) is 0 Å². The first kappa shape index (κ1) is 95.6. The van der Waals surface area contributed by atoms with E-state index in [1.165, 1.54) is 38.5 Å². The SMILES string of the molecule is CC/C=C\C/C=C\C/C=C\C/C=C\C/C=C\C/C=C\CCCCCCCCCCC(=O)OCC(O)COP(=O)(O)OCC(O)COP(=O)(O)OCC(COC(=O)CCCCCCC/C=C\C/C=C\C/C=C\C/C=C\CCCCC)OC(=O)CCC/C=C\C/C=C\C/C=C\C/C=C\C/C=C\CC. The highest BCUT2D eigenvalue weighted by molar-refractivity contribution is 7.47. The lowest BCUT2D eigenvalue weighted by Gasteiger charge is -2.21. The van der Waals surface area contributed by atoms with Gasteiger partial charge in [0.25, 0.3) is 0 Å². The number of phosphoric ester groups is 2. The van der Waals surface area contributed by atoms with Crippen LogP contribution in [0.5, 0.6) is 0 Å². The van der Waals surface area contributed by atoms with Crippen LogP contribution in [0.4, 0.5) is 0 Å². The lowest BCUT2D eigenvalue weighted by molar-refractivity contribution is -0.161. The van der Waals surface area contributed by atoms with Crippen molar-refractivity contribution >= 4 is 33.6 Å². The molecule has 5 unspecified atom stereocenters. The summed E-state index contributed by atoms with van der Waals surface area (Å²) >= 11 is 0. The molecule has 0 spiro atoms. The lowest BCUT2D eigenvalue weighted by atomic mass is 10.1. The Morgan fingerprint density at radius 2 is 0.535 bits per heavy atom. The van der Waals surface area contributed by atoms with Crippen molar-refractivity contribution in [3.05, 3.63) is 182 Å². The van der Waals surface area contributed by atoms with E-state index in [-0.39, 0.29) is 19.3 Å². The average Bonchev–Trinajstić information content (AvgIpc) is 0.974. The molecule has 16 nitrogen and oxygen atoms in total.